The van der Waals surface area contributed by atoms with Gasteiger partial charge in [-0.1, -0.05) is 25.1 Å². The first-order valence-corrected chi connectivity index (χ1v) is 11.1. The SMILES string of the molecule is CN=C(NCc1ccccc1S(=O)(=O)NC(C)(C)C)N1CC(C)C(C(=O)OC)C1.I. The Kier molecular flexibility index (Phi) is 9.55. The van der Waals surface area contributed by atoms with Crippen LogP contribution in [0.2, 0.25) is 0 Å². The van der Waals surface area contributed by atoms with Gasteiger partial charge in [0.05, 0.1) is 17.9 Å². The molecule has 0 radical (unpaired) electrons. The van der Waals surface area contributed by atoms with Gasteiger partial charge in [-0.05, 0) is 38.3 Å². The molecule has 0 aliphatic carbocycles. The summed E-state index contributed by atoms with van der Waals surface area (Å²) in [5, 5.41) is 3.23. The zero-order valence-electron chi connectivity index (χ0n) is 18.4. The third-order valence-corrected chi connectivity index (χ3v) is 6.63. The number of nitrogens with one attached hydrogen (secondary N) is 2. The van der Waals surface area contributed by atoms with Crippen LogP contribution in [-0.2, 0) is 26.1 Å². The number of nitrogens with zero attached hydrogens (tertiary/aromatic N) is 2. The highest BCUT2D eigenvalue weighted by Gasteiger charge is 2.37. The summed E-state index contributed by atoms with van der Waals surface area (Å²) in [6, 6.07) is 6.89. The summed E-state index contributed by atoms with van der Waals surface area (Å²) in [6.07, 6.45) is 0. The van der Waals surface area contributed by atoms with Crippen LogP contribution in [-0.4, -0.2) is 58.0 Å². The van der Waals surface area contributed by atoms with E-state index >= 15 is 0 Å². The number of ether oxygens (including phenoxy) is 1. The van der Waals surface area contributed by atoms with Gasteiger partial charge in [-0.25, -0.2) is 13.1 Å². The van der Waals surface area contributed by atoms with Crippen molar-refractivity contribution in [2.45, 2.75) is 44.7 Å². The lowest BCUT2D eigenvalue weighted by Crippen LogP contribution is -2.42. The van der Waals surface area contributed by atoms with Crippen LogP contribution < -0.4 is 10.0 Å². The second-order valence-corrected chi connectivity index (χ2v) is 10.0. The standard InChI is InChI=1S/C20H32N4O4S.HI/c1-14-12-24(13-16(14)18(25)28-6)19(21-5)22-11-15-9-7-8-10-17(15)29(26,27)23-20(2,3)4;/h7-10,14,16,23H,11-13H2,1-6H3,(H,21,22);1H. The fraction of sp³-hybridized carbons (Fsp3) is 0.600. The molecule has 8 nitrogen and oxygen atoms in total. The first-order valence-electron chi connectivity index (χ1n) is 9.64. The maximum Gasteiger partial charge on any atom is 0.310 e. The van der Waals surface area contributed by atoms with E-state index in [2.05, 4.69) is 15.0 Å². The Morgan fingerprint density at radius 1 is 1.27 bits per heavy atom. The number of likely N-dealkylation sites (tertiary alicyclic amines) is 1. The van der Waals surface area contributed by atoms with Crippen LogP contribution in [0.4, 0.5) is 0 Å². The first-order chi connectivity index (χ1) is 13.5. The summed E-state index contributed by atoms with van der Waals surface area (Å²) >= 11 is 0. The average molecular weight is 552 g/mol. The molecule has 2 rings (SSSR count). The molecule has 0 saturated carbocycles. The lowest BCUT2D eigenvalue weighted by molar-refractivity contribution is -0.145. The third-order valence-electron chi connectivity index (χ3n) is 4.77. The Bertz CT molecular complexity index is 868. The van der Waals surface area contributed by atoms with Gasteiger partial charge in [0.15, 0.2) is 5.96 Å². The molecule has 170 valence electrons. The van der Waals surface area contributed by atoms with Gasteiger partial charge in [-0.15, -0.1) is 24.0 Å². The normalized spacial score (nSPS) is 19.9. The number of rotatable bonds is 5. The van der Waals surface area contributed by atoms with Gasteiger partial charge < -0.3 is 15.0 Å². The zero-order valence-corrected chi connectivity index (χ0v) is 21.6. The summed E-state index contributed by atoms with van der Waals surface area (Å²) in [5.41, 5.74) is 0.0615. The lowest BCUT2D eigenvalue weighted by Gasteiger charge is -2.23. The molecule has 1 aromatic carbocycles. The number of hydrogen-bond acceptors (Lipinski definition) is 5. The van der Waals surface area contributed by atoms with Crippen molar-refractivity contribution in [1.82, 2.24) is 14.9 Å². The maximum atomic E-state index is 12.8. The number of esters is 1. The molecule has 0 aromatic heterocycles. The molecule has 2 N–H and O–H groups in total. The van der Waals surface area contributed by atoms with Crippen LogP contribution in [0.1, 0.15) is 33.3 Å². The molecule has 1 fully saturated rings. The number of hydrogen-bond donors (Lipinski definition) is 2. The van der Waals surface area contributed by atoms with Crippen molar-refractivity contribution < 1.29 is 17.9 Å². The van der Waals surface area contributed by atoms with Crippen LogP contribution in [0.15, 0.2) is 34.2 Å². The highest BCUT2D eigenvalue weighted by molar-refractivity contribution is 14.0. The van der Waals surface area contributed by atoms with E-state index in [-0.39, 0.29) is 46.7 Å². The molecule has 10 heteroatoms. The molecule has 1 aliphatic rings. The second-order valence-electron chi connectivity index (χ2n) is 8.38. The van der Waals surface area contributed by atoms with Gasteiger partial charge in [-0.3, -0.25) is 9.79 Å². The number of sulfonamides is 1. The minimum Gasteiger partial charge on any atom is -0.469 e. The van der Waals surface area contributed by atoms with Gasteiger partial charge in [0.1, 0.15) is 0 Å². The van der Waals surface area contributed by atoms with Gasteiger partial charge in [-0.2, -0.15) is 0 Å². The fourth-order valence-electron chi connectivity index (χ4n) is 3.47. The fourth-order valence-corrected chi connectivity index (χ4v) is 5.13. The third kappa shape index (κ3) is 6.81. The average Bonchev–Trinajstić information content (AvgIpc) is 3.01. The number of methoxy groups -OCH3 is 1. The van der Waals surface area contributed by atoms with Crippen LogP contribution in [0.25, 0.3) is 0 Å². The van der Waals surface area contributed by atoms with E-state index in [1.807, 2.05) is 11.8 Å². The summed E-state index contributed by atoms with van der Waals surface area (Å²) < 4.78 is 33.2. The van der Waals surface area contributed by atoms with Gasteiger partial charge in [0.2, 0.25) is 10.0 Å². The maximum absolute atomic E-state index is 12.8. The predicted molar refractivity (Wildman–Crippen MR) is 128 cm³/mol. The number of carbonyl (C=O) groups excluding carboxylic acids is 1. The van der Waals surface area contributed by atoms with E-state index in [4.69, 9.17) is 4.74 Å². The lowest BCUT2D eigenvalue weighted by atomic mass is 9.99. The molecule has 2 unspecified atom stereocenters. The van der Waals surface area contributed by atoms with E-state index in [0.717, 1.165) is 0 Å². The molecule has 1 aromatic rings. The van der Waals surface area contributed by atoms with Crippen molar-refractivity contribution in [3.63, 3.8) is 0 Å². The molecule has 1 aliphatic heterocycles. The topological polar surface area (TPSA) is 100 Å². The quantitative estimate of drug-likeness (QED) is 0.252. The van der Waals surface area contributed by atoms with E-state index in [1.54, 1.807) is 52.1 Å². The van der Waals surface area contributed by atoms with Crippen molar-refractivity contribution in [2.24, 2.45) is 16.8 Å². The molecule has 1 heterocycles. The Labute approximate surface area is 196 Å². The monoisotopic (exact) mass is 552 g/mol. The predicted octanol–water partition coefficient (Wildman–Crippen LogP) is 2.20. The van der Waals surface area contributed by atoms with Crippen molar-refractivity contribution >= 4 is 45.9 Å². The van der Waals surface area contributed by atoms with Crippen LogP contribution in [0.3, 0.4) is 0 Å². The van der Waals surface area contributed by atoms with Crippen LogP contribution in [0.5, 0.6) is 0 Å². The van der Waals surface area contributed by atoms with Gasteiger partial charge in [0, 0.05) is 32.2 Å². The second kappa shape index (κ2) is 10.8. The largest absolute Gasteiger partial charge is 0.469 e. The smallest absolute Gasteiger partial charge is 0.310 e. The minimum atomic E-state index is -3.66. The summed E-state index contributed by atoms with van der Waals surface area (Å²) in [4.78, 5) is 18.5. The number of halogens is 1. The summed E-state index contributed by atoms with van der Waals surface area (Å²) in [6.45, 7) is 8.90. The molecule has 0 amide bonds. The van der Waals surface area contributed by atoms with E-state index < -0.39 is 15.6 Å². The van der Waals surface area contributed by atoms with Crippen molar-refractivity contribution in [2.75, 3.05) is 27.2 Å². The summed E-state index contributed by atoms with van der Waals surface area (Å²) in [7, 11) is -0.594. The zero-order chi connectivity index (χ0) is 21.8. The Morgan fingerprint density at radius 2 is 1.90 bits per heavy atom. The molecule has 0 spiro atoms. The number of guanidine groups is 1. The van der Waals surface area contributed by atoms with Gasteiger partial charge >= 0.3 is 5.97 Å². The van der Waals surface area contributed by atoms with E-state index in [1.165, 1.54) is 7.11 Å². The number of aliphatic imine (C=N–C) groups is 1. The van der Waals surface area contributed by atoms with Crippen molar-refractivity contribution in [3.8, 4) is 0 Å². The van der Waals surface area contributed by atoms with Crippen LogP contribution in [0, 0.1) is 11.8 Å². The summed E-state index contributed by atoms with van der Waals surface area (Å²) in [5.74, 6) is 0.339. The molecule has 2 atom stereocenters. The Morgan fingerprint density at radius 3 is 2.47 bits per heavy atom. The molecule has 30 heavy (non-hydrogen) atoms. The van der Waals surface area contributed by atoms with Gasteiger partial charge in [0.25, 0.3) is 0 Å². The Balaban J connectivity index is 0.00000450. The number of carbonyl (C=O) groups is 1. The Hall–Kier alpha value is -1.40. The van der Waals surface area contributed by atoms with Crippen molar-refractivity contribution in [1.29, 1.82) is 0 Å². The van der Waals surface area contributed by atoms with E-state index in [9.17, 15) is 13.2 Å². The number of benzene rings is 1. The molecular formula is C20H33IN4O4S. The van der Waals surface area contributed by atoms with Crippen molar-refractivity contribution in [3.05, 3.63) is 29.8 Å². The molecular weight excluding hydrogens is 519 g/mol. The highest BCUT2D eigenvalue weighted by atomic mass is 127. The highest BCUT2D eigenvalue weighted by Crippen LogP contribution is 2.24. The molecule has 1 saturated heterocycles. The first kappa shape index (κ1) is 26.6. The molecule has 0 bridgehead atoms. The van der Waals surface area contributed by atoms with Crippen LogP contribution >= 0.6 is 24.0 Å². The van der Waals surface area contributed by atoms with E-state index in [0.29, 0.717) is 31.2 Å². The minimum absolute atomic E-state index is 0.